The second-order valence-electron chi connectivity index (χ2n) is 7.52. The normalized spacial score (nSPS) is 11.2. The highest BCUT2D eigenvalue weighted by Crippen LogP contribution is 2.26. The molecule has 162 valence electrons. The lowest BCUT2D eigenvalue weighted by atomic mass is 10.1. The van der Waals surface area contributed by atoms with Crippen molar-refractivity contribution in [2.45, 2.75) is 37.9 Å². The van der Waals surface area contributed by atoms with Crippen LogP contribution >= 0.6 is 11.8 Å². The van der Waals surface area contributed by atoms with Gasteiger partial charge in [0.05, 0.1) is 6.54 Å². The number of thioether (sulfide) groups is 1. The van der Waals surface area contributed by atoms with Gasteiger partial charge in [0.2, 0.25) is 0 Å². The van der Waals surface area contributed by atoms with Gasteiger partial charge < -0.3 is 4.74 Å². The molecule has 4 nitrogen and oxygen atoms in total. The molecule has 0 atom stereocenters. The van der Waals surface area contributed by atoms with Crippen LogP contribution in [0.2, 0.25) is 0 Å². The summed E-state index contributed by atoms with van der Waals surface area (Å²) in [5.41, 5.74) is 4.76. The molecule has 0 fully saturated rings. The smallest absolute Gasteiger partial charge is 0.191 e. The van der Waals surface area contributed by atoms with Crippen LogP contribution in [-0.4, -0.2) is 14.8 Å². The molecule has 3 aromatic carbocycles. The third-order valence-corrected chi connectivity index (χ3v) is 6.20. The molecule has 0 N–H and O–H groups in total. The maximum atomic E-state index is 6.23. The summed E-state index contributed by atoms with van der Waals surface area (Å²) in [7, 11) is 0. The van der Waals surface area contributed by atoms with Gasteiger partial charge >= 0.3 is 0 Å². The predicted octanol–water partition coefficient (Wildman–Crippen LogP) is 6.54. The summed E-state index contributed by atoms with van der Waals surface area (Å²) in [6, 6.07) is 27.0. The third-order valence-electron chi connectivity index (χ3n) is 5.16. The molecule has 4 aromatic rings. The van der Waals surface area contributed by atoms with Crippen molar-refractivity contribution in [1.82, 2.24) is 14.8 Å². The highest BCUT2D eigenvalue weighted by Gasteiger charge is 2.15. The Balaban J connectivity index is 1.57. The van der Waals surface area contributed by atoms with E-state index in [0.717, 1.165) is 28.0 Å². The molecule has 0 unspecified atom stereocenters. The molecule has 5 heteroatoms. The highest BCUT2D eigenvalue weighted by atomic mass is 32.2. The van der Waals surface area contributed by atoms with Crippen LogP contribution in [-0.2, 0) is 18.9 Å². The van der Waals surface area contributed by atoms with Gasteiger partial charge in [-0.15, -0.1) is 10.2 Å². The van der Waals surface area contributed by atoms with Gasteiger partial charge in [-0.3, -0.25) is 4.57 Å². The average molecular weight is 442 g/mol. The number of benzene rings is 3. The Labute approximate surface area is 194 Å². The molecule has 4 rings (SSSR count). The number of allylic oxidation sites excluding steroid dienone is 1. The highest BCUT2D eigenvalue weighted by molar-refractivity contribution is 7.98. The van der Waals surface area contributed by atoms with E-state index in [1.54, 1.807) is 11.8 Å². The number of rotatable bonds is 9. The molecular formula is C27H27N3OS. The van der Waals surface area contributed by atoms with E-state index in [2.05, 4.69) is 82.4 Å². The Bertz CT molecular complexity index is 1170. The van der Waals surface area contributed by atoms with E-state index in [9.17, 15) is 0 Å². The summed E-state index contributed by atoms with van der Waals surface area (Å²) in [5, 5.41) is 9.88. The van der Waals surface area contributed by atoms with E-state index < -0.39 is 0 Å². The molecule has 0 radical (unpaired) electrons. The van der Waals surface area contributed by atoms with E-state index >= 15 is 0 Å². The molecule has 0 aliphatic carbocycles. The van der Waals surface area contributed by atoms with Crippen LogP contribution in [0.5, 0.6) is 5.75 Å². The Hall–Kier alpha value is -3.31. The summed E-state index contributed by atoms with van der Waals surface area (Å²) in [5.74, 6) is 2.52. The Morgan fingerprint density at radius 3 is 2.31 bits per heavy atom. The quantitative estimate of drug-likeness (QED) is 0.277. The van der Waals surface area contributed by atoms with E-state index in [1.165, 1.54) is 16.7 Å². The fourth-order valence-electron chi connectivity index (χ4n) is 3.48. The van der Waals surface area contributed by atoms with Crippen molar-refractivity contribution < 1.29 is 4.74 Å². The second kappa shape index (κ2) is 10.8. The van der Waals surface area contributed by atoms with Crippen molar-refractivity contribution in [1.29, 1.82) is 0 Å². The summed E-state index contributed by atoms with van der Waals surface area (Å²) in [4.78, 5) is 0. The van der Waals surface area contributed by atoms with Crippen molar-refractivity contribution in [2.75, 3.05) is 0 Å². The molecule has 0 saturated carbocycles. The first-order valence-electron chi connectivity index (χ1n) is 10.7. The summed E-state index contributed by atoms with van der Waals surface area (Å²) >= 11 is 1.70. The van der Waals surface area contributed by atoms with Gasteiger partial charge in [0.15, 0.2) is 11.0 Å². The standard InChI is InChI=1S/C27H27N3OS/c1-3-11-24-21(2)12-10-17-25(24)31-19-26-28-29-27(32-20-23-15-8-5-9-16-23)30(26)18-22-13-6-4-7-14-22/h3-17H,18-20H2,1-2H3. The molecule has 0 aliphatic heterocycles. The predicted molar refractivity (Wildman–Crippen MR) is 132 cm³/mol. The van der Waals surface area contributed by atoms with Gasteiger partial charge in [-0.25, -0.2) is 0 Å². The summed E-state index contributed by atoms with van der Waals surface area (Å²) in [6.45, 7) is 5.18. The summed E-state index contributed by atoms with van der Waals surface area (Å²) in [6.07, 6.45) is 4.12. The van der Waals surface area contributed by atoms with Crippen molar-refractivity contribution >= 4 is 17.8 Å². The van der Waals surface area contributed by atoms with Crippen molar-refractivity contribution in [3.8, 4) is 5.75 Å². The maximum Gasteiger partial charge on any atom is 0.191 e. The van der Waals surface area contributed by atoms with Crippen LogP contribution in [0.15, 0.2) is 90.1 Å². The van der Waals surface area contributed by atoms with E-state index in [4.69, 9.17) is 4.74 Å². The largest absolute Gasteiger partial charge is 0.485 e. The van der Waals surface area contributed by atoms with Gasteiger partial charge in [-0.2, -0.15) is 0 Å². The SMILES string of the molecule is CC=Cc1c(C)cccc1OCc1nnc(SCc2ccccc2)n1Cc1ccccc1. The van der Waals surface area contributed by atoms with E-state index in [-0.39, 0.29) is 0 Å². The molecule has 0 saturated heterocycles. The lowest BCUT2D eigenvalue weighted by Crippen LogP contribution is -2.10. The molecule has 0 aliphatic rings. The second-order valence-corrected chi connectivity index (χ2v) is 8.46. The van der Waals surface area contributed by atoms with Crippen molar-refractivity contribution in [3.05, 3.63) is 113 Å². The van der Waals surface area contributed by atoms with Gasteiger partial charge in [-0.05, 0) is 36.6 Å². The Kier molecular flexibility index (Phi) is 7.41. The van der Waals surface area contributed by atoms with Crippen LogP contribution in [0.4, 0.5) is 0 Å². The fourth-order valence-corrected chi connectivity index (χ4v) is 4.39. The van der Waals surface area contributed by atoms with E-state index in [1.807, 2.05) is 37.3 Å². The topological polar surface area (TPSA) is 39.9 Å². The first-order chi connectivity index (χ1) is 15.7. The average Bonchev–Trinajstić information content (AvgIpc) is 3.21. The van der Waals surface area contributed by atoms with Gasteiger partial charge in [0, 0.05) is 11.3 Å². The minimum atomic E-state index is 0.361. The zero-order valence-corrected chi connectivity index (χ0v) is 19.3. The first-order valence-corrected chi connectivity index (χ1v) is 11.7. The molecule has 1 heterocycles. The molecule has 0 bridgehead atoms. The summed E-state index contributed by atoms with van der Waals surface area (Å²) < 4.78 is 8.39. The van der Waals surface area contributed by atoms with Gasteiger partial charge in [0.25, 0.3) is 0 Å². The number of hydrogen-bond acceptors (Lipinski definition) is 4. The van der Waals surface area contributed by atoms with Crippen molar-refractivity contribution in [2.24, 2.45) is 0 Å². The van der Waals surface area contributed by atoms with Gasteiger partial charge in [0.1, 0.15) is 12.4 Å². The molecule has 0 amide bonds. The van der Waals surface area contributed by atoms with E-state index in [0.29, 0.717) is 13.2 Å². The maximum absolute atomic E-state index is 6.23. The monoisotopic (exact) mass is 441 g/mol. The number of aromatic nitrogens is 3. The third kappa shape index (κ3) is 5.48. The first kappa shape index (κ1) is 21.9. The lowest BCUT2D eigenvalue weighted by molar-refractivity contribution is 0.288. The number of ether oxygens (including phenoxy) is 1. The zero-order valence-electron chi connectivity index (χ0n) is 18.4. The molecule has 0 spiro atoms. The van der Waals surface area contributed by atoms with Crippen LogP contribution in [0.1, 0.15) is 35.0 Å². The van der Waals surface area contributed by atoms with Crippen LogP contribution in [0.25, 0.3) is 6.08 Å². The van der Waals surface area contributed by atoms with Crippen LogP contribution in [0, 0.1) is 6.92 Å². The van der Waals surface area contributed by atoms with Crippen LogP contribution < -0.4 is 4.74 Å². The van der Waals surface area contributed by atoms with Crippen LogP contribution in [0.3, 0.4) is 0 Å². The number of aryl methyl sites for hydroxylation is 1. The Morgan fingerprint density at radius 1 is 0.875 bits per heavy atom. The minimum Gasteiger partial charge on any atom is -0.485 e. The minimum absolute atomic E-state index is 0.361. The Morgan fingerprint density at radius 2 is 1.59 bits per heavy atom. The molecule has 1 aromatic heterocycles. The fraction of sp³-hybridized carbons (Fsp3) is 0.185. The number of nitrogens with zero attached hydrogens (tertiary/aromatic N) is 3. The van der Waals surface area contributed by atoms with Gasteiger partial charge in [-0.1, -0.05) is 96.7 Å². The molecular weight excluding hydrogens is 414 g/mol. The number of hydrogen-bond donors (Lipinski definition) is 0. The lowest BCUT2D eigenvalue weighted by Gasteiger charge is -2.13. The zero-order chi connectivity index (χ0) is 22.2. The van der Waals surface area contributed by atoms with Crippen molar-refractivity contribution in [3.63, 3.8) is 0 Å². The molecule has 32 heavy (non-hydrogen) atoms.